The van der Waals surface area contributed by atoms with E-state index in [0.717, 1.165) is 12.0 Å². The van der Waals surface area contributed by atoms with E-state index in [1.54, 1.807) is 41.9 Å². The van der Waals surface area contributed by atoms with Crippen molar-refractivity contribution >= 4 is 21.7 Å². The second-order valence-corrected chi connectivity index (χ2v) is 13.5. The smallest absolute Gasteiger partial charge is 0.338 e. The number of imidazole rings is 1. The van der Waals surface area contributed by atoms with Gasteiger partial charge < -0.3 is 14.4 Å². The Balaban J connectivity index is 1.65. The highest BCUT2D eigenvalue weighted by Crippen LogP contribution is 2.47. The molecule has 2 N–H and O–H groups in total. The van der Waals surface area contributed by atoms with Crippen LogP contribution in [0, 0.1) is 11.2 Å². The number of carbonyl (C=O) groups is 1. The number of nitrogens with zero attached hydrogens (tertiary/aromatic N) is 2. The van der Waals surface area contributed by atoms with Crippen LogP contribution in [0.3, 0.4) is 0 Å². The van der Waals surface area contributed by atoms with Gasteiger partial charge in [0.25, 0.3) is 10.0 Å². The Morgan fingerprint density at radius 2 is 1.88 bits per heavy atom. The number of aryl methyl sites for hydroxylation is 2. The summed E-state index contributed by atoms with van der Waals surface area (Å²) in [4.78, 5) is 17.6. The first-order chi connectivity index (χ1) is 19.2. The van der Waals surface area contributed by atoms with E-state index in [-0.39, 0.29) is 28.6 Å². The average Bonchev–Trinajstić information content (AvgIpc) is 3.33. The number of sulfonamides is 1. The van der Waals surface area contributed by atoms with Crippen molar-refractivity contribution in [2.45, 2.75) is 76.3 Å². The lowest BCUT2D eigenvalue weighted by molar-refractivity contribution is -0.161. The quantitative estimate of drug-likeness (QED) is 0.267. The molecule has 1 aliphatic heterocycles. The van der Waals surface area contributed by atoms with Crippen LogP contribution in [0.1, 0.15) is 70.4 Å². The summed E-state index contributed by atoms with van der Waals surface area (Å²) < 4.78 is 49.4. The fourth-order valence-electron chi connectivity index (χ4n) is 5.59. The monoisotopic (exact) mass is 583 g/mol. The predicted octanol–water partition coefficient (Wildman–Crippen LogP) is 6.42. The van der Waals surface area contributed by atoms with Crippen LogP contribution in [-0.2, 0) is 33.0 Å². The van der Waals surface area contributed by atoms with Crippen LogP contribution in [0.5, 0.6) is 0 Å². The molecule has 0 spiro atoms. The summed E-state index contributed by atoms with van der Waals surface area (Å²) >= 11 is 0. The molecule has 0 amide bonds. The van der Waals surface area contributed by atoms with E-state index in [1.807, 2.05) is 33.8 Å². The van der Waals surface area contributed by atoms with Crippen molar-refractivity contribution in [1.82, 2.24) is 9.55 Å². The van der Waals surface area contributed by atoms with E-state index in [0.29, 0.717) is 30.5 Å². The van der Waals surface area contributed by atoms with Gasteiger partial charge in [-0.25, -0.2) is 14.2 Å². The number of hydrogen-bond donors (Lipinski definition) is 2. The summed E-state index contributed by atoms with van der Waals surface area (Å²) in [7, 11) is -2.24. The lowest BCUT2D eigenvalue weighted by Gasteiger charge is -2.41. The zero-order valence-electron chi connectivity index (χ0n) is 24.1. The zero-order valence-corrected chi connectivity index (χ0v) is 25.0. The SMILES string of the molecule is CCC[C@@]1(CCc2ccc(F)cc2)CC(O)=C(C(c2cccc(NS(=O)(=O)c3cn(C)cn3)c2)C(C)(C)C)C(=O)O1. The highest BCUT2D eigenvalue weighted by Gasteiger charge is 2.46. The average molecular weight is 584 g/mol. The third kappa shape index (κ3) is 6.98. The first-order valence-corrected chi connectivity index (χ1v) is 15.2. The van der Waals surface area contributed by atoms with Crippen molar-refractivity contribution in [3.05, 3.63) is 89.3 Å². The number of aromatic nitrogens is 2. The second-order valence-electron chi connectivity index (χ2n) is 11.9. The molecule has 0 radical (unpaired) electrons. The Labute approximate surface area is 241 Å². The molecule has 0 bridgehead atoms. The van der Waals surface area contributed by atoms with Crippen molar-refractivity contribution in [2.24, 2.45) is 12.5 Å². The van der Waals surface area contributed by atoms with Crippen LogP contribution in [0.15, 0.2) is 77.4 Å². The van der Waals surface area contributed by atoms with Gasteiger partial charge in [-0.1, -0.05) is 58.4 Å². The van der Waals surface area contributed by atoms with Gasteiger partial charge >= 0.3 is 5.97 Å². The van der Waals surface area contributed by atoms with Crippen LogP contribution in [0.25, 0.3) is 0 Å². The number of ether oxygens (including phenoxy) is 1. The molecular weight excluding hydrogens is 545 g/mol. The Kier molecular flexibility index (Phi) is 8.63. The van der Waals surface area contributed by atoms with Crippen molar-refractivity contribution in [3.63, 3.8) is 0 Å². The Morgan fingerprint density at radius 1 is 1.17 bits per heavy atom. The van der Waals surface area contributed by atoms with Crippen LogP contribution in [0.2, 0.25) is 0 Å². The molecule has 1 aliphatic rings. The first-order valence-electron chi connectivity index (χ1n) is 13.7. The molecule has 0 saturated carbocycles. The summed E-state index contributed by atoms with van der Waals surface area (Å²) in [6, 6.07) is 13.1. The minimum atomic E-state index is -3.93. The number of aliphatic hydroxyl groups excluding tert-OH is 1. The topological polar surface area (TPSA) is 111 Å². The molecule has 1 aromatic heterocycles. The molecule has 2 atom stereocenters. The van der Waals surface area contributed by atoms with Gasteiger partial charge in [0.2, 0.25) is 0 Å². The zero-order chi connectivity index (χ0) is 30.0. The minimum Gasteiger partial charge on any atom is -0.512 e. The highest BCUT2D eigenvalue weighted by atomic mass is 32.2. The normalized spacial score (nSPS) is 18.7. The molecule has 3 aromatic rings. The van der Waals surface area contributed by atoms with E-state index in [4.69, 9.17) is 4.74 Å². The Morgan fingerprint density at radius 3 is 2.46 bits per heavy atom. The number of carbonyl (C=O) groups excluding carboxylic acids is 1. The second kappa shape index (κ2) is 11.7. The van der Waals surface area contributed by atoms with Crippen molar-refractivity contribution in [2.75, 3.05) is 4.72 Å². The van der Waals surface area contributed by atoms with Crippen molar-refractivity contribution in [1.29, 1.82) is 0 Å². The fraction of sp³-hybridized carbons (Fsp3) is 0.419. The molecule has 220 valence electrons. The van der Waals surface area contributed by atoms with E-state index in [1.165, 1.54) is 24.7 Å². The molecule has 4 rings (SSSR count). The van der Waals surface area contributed by atoms with Gasteiger partial charge in [-0.15, -0.1) is 0 Å². The number of nitrogens with one attached hydrogen (secondary N) is 1. The molecule has 8 nitrogen and oxygen atoms in total. The largest absolute Gasteiger partial charge is 0.512 e. The van der Waals surface area contributed by atoms with Gasteiger partial charge in [0.05, 0.1) is 11.9 Å². The fourth-order valence-corrected chi connectivity index (χ4v) is 6.62. The number of cyclic esters (lactones) is 1. The number of hydrogen-bond acceptors (Lipinski definition) is 6. The Bertz CT molecular complexity index is 1540. The van der Waals surface area contributed by atoms with Crippen molar-refractivity contribution in [3.8, 4) is 0 Å². The highest BCUT2D eigenvalue weighted by molar-refractivity contribution is 7.92. The molecule has 0 fully saturated rings. The third-order valence-corrected chi connectivity index (χ3v) is 8.67. The summed E-state index contributed by atoms with van der Waals surface area (Å²) in [6.45, 7) is 7.87. The number of rotatable bonds is 10. The van der Waals surface area contributed by atoms with Gasteiger partial charge in [0, 0.05) is 31.3 Å². The first kappa shape index (κ1) is 30.3. The maximum absolute atomic E-state index is 13.7. The van der Waals surface area contributed by atoms with Gasteiger partial charge in [0.15, 0.2) is 5.03 Å². The maximum Gasteiger partial charge on any atom is 0.338 e. The molecule has 2 heterocycles. The van der Waals surface area contributed by atoms with Crippen LogP contribution in [0.4, 0.5) is 10.1 Å². The molecule has 10 heteroatoms. The lowest BCUT2D eigenvalue weighted by atomic mass is 9.70. The standard InChI is InChI=1S/C31H38FN3O5S/c1-6-15-31(16-14-21-10-12-23(32)13-11-21)18-25(36)27(29(37)40-31)28(30(2,3)4)22-8-7-9-24(17-22)34-41(38,39)26-19-35(5)20-33-26/h7-13,17,19-20,28,34,36H,6,14-16,18H2,1-5H3/t28?,31-/m1/s1. The van der Waals surface area contributed by atoms with Crippen LogP contribution < -0.4 is 4.72 Å². The number of aliphatic hydroxyl groups is 1. The molecule has 0 aliphatic carbocycles. The third-order valence-electron chi connectivity index (χ3n) is 7.40. The number of esters is 1. The number of benzene rings is 2. The van der Waals surface area contributed by atoms with E-state index >= 15 is 0 Å². The molecule has 0 saturated heterocycles. The van der Waals surface area contributed by atoms with E-state index in [9.17, 15) is 22.7 Å². The molecule has 1 unspecified atom stereocenters. The molecule has 41 heavy (non-hydrogen) atoms. The van der Waals surface area contributed by atoms with Gasteiger partial charge in [-0.05, 0) is 60.1 Å². The summed E-state index contributed by atoms with van der Waals surface area (Å²) in [5.74, 6) is -1.49. The van der Waals surface area contributed by atoms with Gasteiger partial charge in [-0.2, -0.15) is 8.42 Å². The van der Waals surface area contributed by atoms with Gasteiger partial charge in [-0.3, -0.25) is 4.72 Å². The maximum atomic E-state index is 13.7. The minimum absolute atomic E-state index is 0.0202. The summed E-state index contributed by atoms with van der Waals surface area (Å²) in [5.41, 5.74) is 0.661. The van der Waals surface area contributed by atoms with Crippen LogP contribution in [-0.4, -0.2) is 34.6 Å². The van der Waals surface area contributed by atoms with Crippen LogP contribution >= 0.6 is 0 Å². The van der Waals surface area contributed by atoms with E-state index in [2.05, 4.69) is 9.71 Å². The number of anilines is 1. The number of halogens is 1. The Hall–Kier alpha value is -3.66. The van der Waals surface area contributed by atoms with Gasteiger partial charge in [0.1, 0.15) is 17.2 Å². The van der Waals surface area contributed by atoms with E-state index < -0.39 is 32.9 Å². The molecule has 2 aromatic carbocycles. The predicted molar refractivity (Wildman–Crippen MR) is 155 cm³/mol. The summed E-state index contributed by atoms with van der Waals surface area (Å²) in [5, 5.41) is 11.3. The van der Waals surface area contributed by atoms with Crippen molar-refractivity contribution < 1.29 is 27.4 Å². The molecular formula is C31H38FN3O5S. The lowest BCUT2D eigenvalue weighted by Crippen LogP contribution is -2.43. The summed E-state index contributed by atoms with van der Waals surface area (Å²) in [6.07, 6.45) is 5.36.